The normalized spacial score (nSPS) is 16.7. The molecule has 1 N–H and O–H groups in total. The number of amides is 1. The number of hydrogen-bond acceptors (Lipinski definition) is 3. The predicted octanol–water partition coefficient (Wildman–Crippen LogP) is 3.73. The van der Waals surface area contributed by atoms with Crippen LogP contribution in [0, 0.1) is 5.82 Å². The molecule has 0 fully saturated rings. The van der Waals surface area contributed by atoms with Crippen LogP contribution in [-0.2, 0) is 0 Å². The van der Waals surface area contributed by atoms with Crippen molar-refractivity contribution in [1.82, 2.24) is 9.80 Å². The molecule has 3 rings (SSSR count). The van der Waals surface area contributed by atoms with E-state index in [9.17, 15) is 9.18 Å². The third kappa shape index (κ3) is 3.66. The van der Waals surface area contributed by atoms with E-state index in [-0.39, 0.29) is 17.9 Å². The fraction of sp³-hybridized carbons (Fsp3) is 0.350. The Kier molecular flexibility index (Phi) is 5.34. The summed E-state index contributed by atoms with van der Waals surface area (Å²) in [7, 11) is 0. The number of nitrogens with zero attached hydrogens (tertiary/aromatic N) is 2. The molecule has 1 aliphatic heterocycles. The summed E-state index contributed by atoms with van der Waals surface area (Å²) < 4.78 is 13.7. The molecule has 0 spiro atoms. The van der Waals surface area contributed by atoms with E-state index < -0.39 is 0 Å². The maximum Gasteiger partial charge on any atom is 0.257 e. The number of likely N-dealkylation sites (N-methyl/N-ethyl adjacent to an activating group) is 1. The van der Waals surface area contributed by atoms with Gasteiger partial charge in [-0.1, -0.05) is 38.1 Å². The molecule has 0 saturated heterocycles. The molecule has 0 aromatic heterocycles. The van der Waals surface area contributed by atoms with E-state index >= 15 is 0 Å². The van der Waals surface area contributed by atoms with Gasteiger partial charge in [0.2, 0.25) is 0 Å². The van der Waals surface area contributed by atoms with Gasteiger partial charge in [0.15, 0.2) is 0 Å². The lowest BCUT2D eigenvalue weighted by Crippen LogP contribution is -2.46. The fourth-order valence-corrected chi connectivity index (χ4v) is 3.25. The van der Waals surface area contributed by atoms with Crippen LogP contribution in [0.15, 0.2) is 48.5 Å². The molecule has 0 bridgehead atoms. The summed E-state index contributed by atoms with van der Waals surface area (Å²) in [5, 5.41) is 3.40. The average Bonchev–Trinajstić information content (AvgIpc) is 2.64. The van der Waals surface area contributed by atoms with Gasteiger partial charge in [0.05, 0.1) is 5.56 Å². The molecule has 0 unspecified atom stereocenters. The Morgan fingerprint density at radius 1 is 1.12 bits per heavy atom. The zero-order chi connectivity index (χ0) is 17.8. The van der Waals surface area contributed by atoms with Crippen molar-refractivity contribution < 1.29 is 9.18 Å². The van der Waals surface area contributed by atoms with Crippen LogP contribution in [0.2, 0.25) is 0 Å². The Morgan fingerprint density at radius 3 is 2.60 bits per heavy atom. The summed E-state index contributed by atoms with van der Waals surface area (Å²) in [5.74, 6) is -0.315. The summed E-state index contributed by atoms with van der Waals surface area (Å²) in [6.45, 7) is 7.47. The number of carbonyl (C=O) groups is 1. The Balaban J connectivity index is 1.93. The minimum Gasteiger partial charge on any atom is -0.361 e. The van der Waals surface area contributed by atoms with Crippen LogP contribution in [0.4, 0.5) is 10.1 Å². The van der Waals surface area contributed by atoms with Crippen molar-refractivity contribution in [3.8, 4) is 0 Å². The summed E-state index contributed by atoms with van der Waals surface area (Å²) in [4.78, 5) is 17.1. The lowest BCUT2D eigenvalue weighted by Gasteiger charge is -2.39. The van der Waals surface area contributed by atoms with Gasteiger partial charge in [-0.05, 0) is 42.9 Å². The number of anilines is 1. The quantitative estimate of drug-likeness (QED) is 0.869. The maximum absolute atomic E-state index is 13.7. The van der Waals surface area contributed by atoms with Crippen LogP contribution in [-0.4, -0.2) is 41.9 Å². The zero-order valence-electron chi connectivity index (χ0n) is 14.7. The van der Waals surface area contributed by atoms with Crippen molar-refractivity contribution in [3.63, 3.8) is 0 Å². The van der Waals surface area contributed by atoms with E-state index in [0.29, 0.717) is 12.1 Å². The highest BCUT2D eigenvalue weighted by molar-refractivity contribution is 6.01. The third-order valence-electron chi connectivity index (χ3n) is 4.74. The van der Waals surface area contributed by atoms with Crippen LogP contribution >= 0.6 is 0 Å². The van der Waals surface area contributed by atoms with Gasteiger partial charge >= 0.3 is 0 Å². The maximum atomic E-state index is 13.7. The van der Waals surface area contributed by atoms with Crippen LogP contribution < -0.4 is 5.32 Å². The van der Waals surface area contributed by atoms with Gasteiger partial charge in [0.25, 0.3) is 5.91 Å². The summed E-state index contributed by atoms with van der Waals surface area (Å²) in [5.41, 5.74) is 2.21. The number of rotatable bonds is 6. The number of nitrogens with one attached hydrogen (secondary N) is 1. The summed E-state index contributed by atoms with van der Waals surface area (Å²) in [6.07, 6.45) is -0.367. The van der Waals surface area contributed by atoms with Gasteiger partial charge < -0.3 is 15.1 Å². The van der Waals surface area contributed by atoms with E-state index in [0.717, 1.165) is 30.9 Å². The first-order valence-corrected chi connectivity index (χ1v) is 8.78. The molecule has 4 nitrogen and oxygen atoms in total. The second-order valence-corrected chi connectivity index (χ2v) is 6.17. The van der Waals surface area contributed by atoms with Crippen molar-refractivity contribution in [1.29, 1.82) is 0 Å². The number of para-hydroxylation sites is 1. The van der Waals surface area contributed by atoms with Crippen LogP contribution in [0.5, 0.6) is 0 Å². The van der Waals surface area contributed by atoms with Crippen molar-refractivity contribution in [3.05, 3.63) is 65.5 Å². The first kappa shape index (κ1) is 17.4. The average molecular weight is 341 g/mol. The topological polar surface area (TPSA) is 35.6 Å². The molecule has 5 heteroatoms. The molecule has 0 saturated carbocycles. The van der Waals surface area contributed by atoms with E-state index in [1.165, 1.54) is 12.1 Å². The van der Waals surface area contributed by atoms with E-state index in [2.05, 4.69) is 24.1 Å². The monoisotopic (exact) mass is 341 g/mol. The highest BCUT2D eigenvalue weighted by atomic mass is 19.1. The molecular weight excluding hydrogens is 317 g/mol. The number of carbonyl (C=O) groups excluding carboxylic acids is 1. The number of halogens is 1. The third-order valence-corrected chi connectivity index (χ3v) is 4.74. The van der Waals surface area contributed by atoms with Gasteiger partial charge in [-0.15, -0.1) is 0 Å². The molecule has 0 radical (unpaired) electrons. The van der Waals surface area contributed by atoms with Crippen molar-refractivity contribution in [2.45, 2.75) is 20.0 Å². The zero-order valence-corrected chi connectivity index (χ0v) is 14.7. The minimum absolute atomic E-state index is 0.0178. The molecule has 1 heterocycles. The van der Waals surface area contributed by atoms with Crippen molar-refractivity contribution in [2.24, 2.45) is 0 Å². The lowest BCUT2D eigenvalue weighted by atomic mass is 10.0. The molecule has 25 heavy (non-hydrogen) atoms. The van der Waals surface area contributed by atoms with Gasteiger partial charge in [-0.25, -0.2) is 4.39 Å². The lowest BCUT2D eigenvalue weighted by molar-refractivity contribution is 0.0660. The van der Waals surface area contributed by atoms with Crippen LogP contribution in [0.1, 0.15) is 35.9 Å². The summed E-state index contributed by atoms with van der Waals surface area (Å²) >= 11 is 0. The first-order chi connectivity index (χ1) is 12.1. The smallest absolute Gasteiger partial charge is 0.257 e. The fourth-order valence-electron chi connectivity index (χ4n) is 3.25. The standard InChI is InChI=1S/C20H24FN3O/c1-3-23(4-2)12-13-24-19(15-8-7-9-16(21)14-15)22-18-11-6-5-10-17(18)20(24)25/h5-11,14,19,22H,3-4,12-13H2,1-2H3/t19-/m1/s1. The molecule has 2 aromatic rings. The summed E-state index contributed by atoms with van der Waals surface area (Å²) in [6, 6.07) is 13.9. The minimum atomic E-state index is -0.367. The largest absolute Gasteiger partial charge is 0.361 e. The Morgan fingerprint density at radius 2 is 1.88 bits per heavy atom. The molecule has 0 aliphatic carbocycles. The molecule has 1 aliphatic rings. The van der Waals surface area contributed by atoms with Crippen molar-refractivity contribution in [2.75, 3.05) is 31.5 Å². The van der Waals surface area contributed by atoms with Gasteiger partial charge in [0, 0.05) is 18.8 Å². The Labute approximate surface area is 148 Å². The highest BCUT2D eigenvalue weighted by Gasteiger charge is 2.32. The number of hydrogen-bond donors (Lipinski definition) is 1. The van der Waals surface area contributed by atoms with E-state index in [4.69, 9.17) is 0 Å². The second kappa shape index (κ2) is 7.66. The van der Waals surface area contributed by atoms with E-state index in [1.807, 2.05) is 30.3 Å². The van der Waals surface area contributed by atoms with Gasteiger partial charge in [0.1, 0.15) is 12.0 Å². The second-order valence-electron chi connectivity index (χ2n) is 6.17. The molecule has 1 atom stereocenters. The van der Waals surface area contributed by atoms with Crippen LogP contribution in [0.3, 0.4) is 0 Å². The first-order valence-electron chi connectivity index (χ1n) is 8.78. The van der Waals surface area contributed by atoms with E-state index in [1.54, 1.807) is 11.0 Å². The van der Waals surface area contributed by atoms with Crippen molar-refractivity contribution >= 4 is 11.6 Å². The Bertz CT molecular complexity index is 745. The number of benzene rings is 2. The molecular formula is C20H24FN3O. The molecule has 132 valence electrons. The van der Waals surface area contributed by atoms with Gasteiger partial charge in [-0.3, -0.25) is 4.79 Å². The van der Waals surface area contributed by atoms with Crippen LogP contribution in [0.25, 0.3) is 0 Å². The van der Waals surface area contributed by atoms with Gasteiger partial charge in [-0.2, -0.15) is 0 Å². The SMILES string of the molecule is CCN(CC)CCN1C(=O)c2ccccc2N[C@H]1c1cccc(F)c1. The number of fused-ring (bicyclic) bond motifs is 1. The predicted molar refractivity (Wildman–Crippen MR) is 98.0 cm³/mol. The Hall–Kier alpha value is -2.40. The molecule has 2 aromatic carbocycles. The highest BCUT2D eigenvalue weighted by Crippen LogP contribution is 2.33. The molecule has 1 amide bonds.